The number of hydrogen-bond acceptors (Lipinski definition) is 5. The molecule has 0 amide bonds. The number of hydrogen-bond donors (Lipinski definition) is 3. The van der Waals surface area contributed by atoms with E-state index >= 15 is 0 Å². The number of aliphatic hydroxyl groups excluding tert-OH is 3. The molecular formula is C20H28O5. The molecule has 0 radical (unpaired) electrons. The van der Waals surface area contributed by atoms with Gasteiger partial charge in [0, 0.05) is 23.7 Å². The van der Waals surface area contributed by atoms with Crippen LogP contribution in [0, 0.1) is 34.0 Å². The van der Waals surface area contributed by atoms with Gasteiger partial charge in [-0.1, -0.05) is 27.4 Å². The molecular weight excluding hydrogens is 320 g/mol. The van der Waals surface area contributed by atoms with Gasteiger partial charge in [-0.15, -0.1) is 0 Å². The minimum absolute atomic E-state index is 0.132. The van der Waals surface area contributed by atoms with Crippen LogP contribution in [0.4, 0.5) is 0 Å². The monoisotopic (exact) mass is 348 g/mol. The maximum Gasteiger partial charge on any atom is 0.170 e. The van der Waals surface area contributed by atoms with Crippen LogP contribution in [0.25, 0.3) is 0 Å². The van der Waals surface area contributed by atoms with Gasteiger partial charge in [0.05, 0.1) is 23.7 Å². The molecule has 8 atom stereocenters. The highest BCUT2D eigenvalue weighted by Crippen LogP contribution is 2.70. The highest BCUT2D eigenvalue weighted by atomic mass is 16.3. The van der Waals surface area contributed by atoms with Gasteiger partial charge in [-0.05, 0) is 36.2 Å². The molecule has 0 aromatic carbocycles. The summed E-state index contributed by atoms with van der Waals surface area (Å²) in [5.41, 5.74) is -2.14. The Morgan fingerprint density at radius 3 is 2.36 bits per heavy atom. The molecule has 4 saturated carbocycles. The Balaban J connectivity index is 1.93. The van der Waals surface area contributed by atoms with Crippen LogP contribution in [0.2, 0.25) is 0 Å². The summed E-state index contributed by atoms with van der Waals surface area (Å²) >= 11 is 0. The Labute approximate surface area is 148 Å². The van der Waals surface area contributed by atoms with Crippen LogP contribution in [0.5, 0.6) is 0 Å². The van der Waals surface area contributed by atoms with Gasteiger partial charge >= 0.3 is 0 Å². The van der Waals surface area contributed by atoms with Gasteiger partial charge in [0.15, 0.2) is 5.78 Å². The van der Waals surface area contributed by atoms with Gasteiger partial charge in [0.1, 0.15) is 5.78 Å². The largest absolute Gasteiger partial charge is 0.393 e. The van der Waals surface area contributed by atoms with E-state index in [9.17, 15) is 24.9 Å². The number of rotatable bonds is 0. The molecule has 8 unspecified atom stereocenters. The smallest absolute Gasteiger partial charge is 0.170 e. The lowest BCUT2D eigenvalue weighted by Gasteiger charge is -2.65. The number of ketones is 2. The molecule has 25 heavy (non-hydrogen) atoms. The number of carbonyl (C=O) groups excluding carboxylic acids is 2. The minimum Gasteiger partial charge on any atom is -0.393 e. The molecule has 4 aliphatic rings. The van der Waals surface area contributed by atoms with Gasteiger partial charge in [-0.2, -0.15) is 0 Å². The maximum absolute atomic E-state index is 13.2. The van der Waals surface area contributed by atoms with Crippen LogP contribution in [-0.2, 0) is 9.59 Å². The lowest BCUT2D eigenvalue weighted by atomic mass is 9.39. The molecule has 4 rings (SSSR count). The Morgan fingerprint density at radius 2 is 1.72 bits per heavy atom. The highest BCUT2D eigenvalue weighted by molar-refractivity contribution is 6.04. The molecule has 4 aliphatic carbocycles. The summed E-state index contributed by atoms with van der Waals surface area (Å²) in [6.45, 7) is 9.72. The van der Waals surface area contributed by atoms with Gasteiger partial charge in [0.2, 0.25) is 0 Å². The number of fused-ring (bicyclic) bond motifs is 3. The molecule has 0 aliphatic heterocycles. The van der Waals surface area contributed by atoms with E-state index in [2.05, 4.69) is 6.58 Å². The van der Waals surface area contributed by atoms with Gasteiger partial charge < -0.3 is 15.3 Å². The normalized spacial score (nSPS) is 54.2. The standard InChI is InChI=1S/C20H28O5/c1-9-10-7-11(21)15-19(4)6-5-13(22)18(2,3)12(19)8-14(23)20(15,16(9)24)17(10)25/h10-12,14-15,17,21,23,25H,1,5-8H2,2-4H3. The molecule has 138 valence electrons. The predicted molar refractivity (Wildman–Crippen MR) is 90.4 cm³/mol. The summed E-state index contributed by atoms with van der Waals surface area (Å²) in [6, 6.07) is 0. The van der Waals surface area contributed by atoms with E-state index in [1.54, 1.807) is 0 Å². The SMILES string of the molecule is C=C1C(=O)C23C(O)CC4C(C)(C)C(=O)CCC4(C)C2C(O)CC1C3O. The molecule has 0 aromatic rings. The van der Waals surface area contributed by atoms with Gasteiger partial charge in [0.25, 0.3) is 0 Å². The summed E-state index contributed by atoms with van der Waals surface area (Å²) in [5.74, 6) is -1.28. The third-order valence-corrected chi connectivity index (χ3v) is 8.40. The Bertz CT molecular complexity index is 682. The zero-order valence-electron chi connectivity index (χ0n) is 15.2. The number of Topliss-reactive ketones (excluding diaryl/α,β-unsaturated/α-hetero) is 2. The Morgan fingerprint density at radius 1 is 1.08 bits per heavy atom. The molecule has 0 saturated heterocycles. The zero-order chi connectivity index (χ0) is 18.5. The van der Waals surface area contributed by atoms with Crippen LogP contribution >= 0.6 is 0 Å². The van der Waals surface area contributed by atoms with Crippen molar-refractivity contribution in [3.63, 3.8) is 0 Å². The first-order valence-corrected chi connectivity index (χ1v) is 9.31. The topological polar surface area (TPSA) is 94.8 Å². The molecule has 5 heteroatoms. The van der Waals surface area contributed by atoms with Crippen LogP contribution in [0.1, 0.15) is 46.5 Å². The van der Waals surface area contributed by atoms with Crippen molar-refractivity contribution in [1.82, 2.24) is 0 Å². The molecule has 3 N–H and O–H groups in total. The predicted octanol–water partition coefficient (Wildman–Crippen LogP) is 1.25. The molecule has 2 bridgehead atoms. The van der Waals surface area contributed by atoms with Crippen molar-refractivity contribution in [2.75, 3.05) is 0 Å². The summed E-state index contributed by atoms with van der Waals surface area (Å²) in [5, 5.41) is 33.1. The van der Waals surface area contributed by atoms with E-state index in [4.69, 9.17) is 0 Å². The van der Waals surface area contributed by atoms with Gasteiger partial charge in [-0.25, -0.2) is 0 Å². The Hall–Kier alpha value is -1.04. The van der Waals surface area contributed by atoms with Crippen LogP contribution in [0.15, 0.2) is 12.2 Å². The summed E-state index contributed by atoms with van der Waals surface area (Å²) in [6.07, 6.45) is -1.29. The van der Waals surface area contributed by atoms with Crippen molar-refractivity contribution in [2.45, 2.75) is 64.8 Å². The third-order valence-electron chi connectivity index (χ3n) is 8.40. The van der Waals surface area contributed by atoms with E-state index < -0.39 is 46.4 Å². The lowest BCUT2D eigenvalue weighted by Crippen LogP contribution is -2.70. The van der Waals surface area contributed by atoms with Crippen molar-refractivity contribution in [3.8, 4) is 0 Å². The molecule has 1 spiro atoms. The maximum atomic E-state index is 13.2. The number of aliphatic hydroxyl groups is 3. The van der Waals surface area contributed by atoms with Crippen molar-refractivity contribution >= 4 is 11.6 Å². The fourth-order valence-electron chi connectivity index (χ4n) is 7.21. The first-order chi connectivity index (χ1) is 11.5. The van der Waals surface area contributed by atoms with Crippen molar-refractivity contribution in [3.05, 3.63) is 12.2 Å². The van der Waals surface area contributed by atoms with Crippen LogP contribution in [0.3, 0.4) is 0 Å². The third kappa shape index (κ3) is 1.70. The quantitative estimate of drug-likeness (QED) is 0.573. The second kappa shape index (κ2) is 4.81. The second-order valence-electron chi connectivity index (χ2n) is 9.57. The van der Waals surface area contributed by atoms with Gasteiger partial charge in [-0.3, -0.25) is 9.59 Å². The zero-order valence-corrected chi connectivity index (χ0v) is 15.2. The Kier molecular flexibility index (Phi) is 3.35. The van der Waals surface area contributed by atoms with E-state index in [-0.39, 0.29) is 17.5 Å². The summed E-state index contributed by atoms with van der Waals surface area (Å²) in [4.78, 5) is 25.7. The fourth-order valence-corrected chi connectivity index (χ4v) is 7.21. The van der Waals surface area contributed by atoms with E-state index in [0.717, 1.165) is 0 Å². The average Bonchev–Trinajstić information content (AvgIpc) is 2.65. The minimum atomic E-state index is -1.37. The van der Waals surface area contributed by atoms with Crippen molar-refractivity contribution in [1.29, 1.82) is 0 Å². The van der Waals surface area contributed by atoms with Crippen LogP contribution < -0.4 is 0 Å². The van der Waals surface area contributed by atoms with Crippen molar-refractivity contribution in [2.24, 2.45) is 34.0 Å². The first kappa shape index (κ1) is 17.4. The lowest BCUT2D eigenvalue weighted by molar-refractivity contribution is -0.247. The first-order valence-electron chi connectivity index (χ1n) is 9.31. The van der Waals surface area contributed by atoms with E-state index in [0.29, 0.717) is 31.3 Å². The fraction of sp³-hybridized carbons (Fsp3) is 0.800. The van der Waals surface area contributed by atoms with Crippen molar-refractivity contribution < 1.29 is 24.9 Å². The van der Waals surface area contributed by atoms with E-state index in [1.807, 2.05) is 20.8 Å². The molecule has 0 heterocycles. The van der Waals surface area contributed by atoms with Crippen LogP contribution in [-0.4, -0.2) is 45.2 Å². The van der Waals surface area contributed by atoms with E-state index in [1.165, 1.54) is 0 Å². The summed E-state index contributed by atoms with van der Waals surface area (Å²) in [7, 11) is 0. The number of carbonyl (C=O) groups is 2. The average molecular weight is 348 g/mol. The highest BCUT2D eigenvalue weighted by Gasteiger charge is 2.76. The molecule has 0 aromatic heterocycles. The molecule has 5 nitrogen and oxygen atoms in total. The molecule has 4 fully saturated rings. The second-order valence-corrected chi connectivity index (χ2v) is 9.57. The summed E-state index contributed by atoms with van der Waals surface area (Å²) < 4.78 is 0.